The Morgan fingerprint density at radius 2 is 1.76 bits per heavy atom. The van der Waals surface area contributed by atoms with E-state index in [1.165, 1.54) is 5.56 Å². The van der Waals surface area contributed by atoms with Gasteiger partial charge in [0.1, 0.15) is 5.52 Å². The van der Waals surface area contributed by atoms with Gasteiger partial charge in [-0.05, 0) is 71.7 Å². The van der Waals surface area contributed by atoms with Gasteiger partial charge in [-0.25, -0.2) is 4.68 Å². The Labute approximate surface area is 217 Å². The summed E-state index contributed by atoms with van der Waals surface area (Å²) in [5, 5.41) is 21.1. The lowest BCUT2D eigenvalue weighted by Crippen LogP contribution is -2.23. The third-order valence-corrected chi connectivity index (χ3v) is 7.16. The fraction of sp³-hybridized carbons (Fsp3) is 0.333. The number of hydrogen-bond donors (Lipinski definition) is 2. The highest BCUT2D eigenvalue weighted by atomic mass is 16.4. The molecule has 1 amide bonds. The fourth-order valence-corrected chi connectivity index (χ4v) is 4.79. The van der Waals surface area contributed by atoms with Gasteiger partial charge in [0.2, 0.25) is 5.91 Å². The molecule has 0 aliphatic rings. The van der Waals surface area contributed by atoms with Crippen LogP contribution < -0.4 is 5.32 Å². The number of aliphatic carboxylic acids is 1. The molecule has 0 saturated carbocycles. The second kappa shape index (κ2) is 11.4. The van der Waals surface area contributed by atoms with Crippen molar-refractivity contribution in [1.29, 1.82) is 0 Å². The van der Waals surface area contributed by atoms with Crippen molar-refractivity contribution in [2.75, 3.05) is 0 Å². The van der Waals surface area contributed by atoms with Gasteiger partial charge in [0.05, 0.1) is 11.9 Å². The molecule has 37 heavy (non-hydrogen) atoms. The molecular formula is C30H34N4O3. The zero-order valence-corrected chi connectivity index (χ0v) is 21.9. The molecule has 0 bridgehead atoms. The third kappa shape index (κ3) is 6.05. The molecule has 0 radical (unpaired) electrons. The van der Waals surface area contributed by atoms with Gasteiger partial charge in [-0.15, -0.1) is 5.10 Å². The maximum Gasteiger partial charge on any atom is 0.304 e. The summed E-state index contributed by atoms with van der Waals surface area (Å²) in [4.78, 5) is 24.4. The summed E-state index contributed by atoms with van der Waals surface area (Å²) >= 11 is 0. The first-order valence-corrected chi connectivity index (χ1v) is 12.7. The first-order valence-electron chi connectivity index (χ1n) is 12.7. The predicted molar refractivity (Wildman–Crippen MR) is 145 cm³/mol. The number of carboxylic acid groups (broad SMARTS) is 1. The van der Waals surface area contributed by atoms with Crippen molar-refractivity contribution in [3.63, 3.8) is 0 Å². The normalized spacial score (nSPS) is 12.0. The van der Waals surface area contributed by atoms with Crippen LogP contribution in [0.25, 0.3) is 11.0 Å². The third-order valence-electron chi connectivity index (χ3n) is 7.16. The smallest absolute Gasteiger partial charge is 0.304 e. The summed E-state index contributed by atoms with van der Waals surface area (Å²) in [6.45, 7) is 6.49. The fourth-order valence-electron chi connectivity index (χ4n) is 4.79. The minimum absolute atomic E-state index is 0.00425. The number of carbonyl (C=O) groups is 2. The number of nitrogens with one attached hydrogen (secondary N) is 1. The van der Waals surface area contributed by atoms with Gasteiger partial charge in [0, 0.05) is 25.9 Å². The van der Waals surface area contributed by atoms with E-state index in [4.69, 9.17) is 0 Å². The Bertz CT molecular complexity index is 1420. The number of hydrogen-bond acceptors (Lipinski definition) is 4. The maximum atomic E-state index is 12.6. The Hall–Kier alpha value is -4.00. The van der Waals surface area contributed by atoms with E-state index in [1.54, 1.807) is 4.68 Å². The molecule has 0 aliphatic heterocycles. The first-order chi connectivity index (χ1) is 17.8. The molecular weight excluding hydrogens is 464 g/mol. The Balaban J connectivity index is 1.51. The lowest BCUT2D eigenvalue weighted by molar-refractivity contribution is -0.137. The number of carboxylic acids is 1. The van der Waals surface area contributed by atoms with Crippen molar-refractivity contribution >= 4 is 22.9 Å². The van der Waals surface area contributed by atoms with E-state index in [1.807, 2.05) is 51.2 Å². The van der Waals surface area contributed by atoms with Gasteiger partial charge in [0.15, 0.2) is 0 Å². The van der Waals surface area contributed by atoms with Crippen molar-refractivity contribution in [2.24, 2.45) is 7.05 Å². The van der Waals surface area contributed by atoms with Crippen LogP contribution >= 0.6 is 0 Å². The number of aryl methyl sites for hydroxylation is 5. The summed E-state index contributed by atoms with van der Waals surface area (Å²) in [5.41, 5.74) is 8.90. The van der Waals surface area contributed by atoms with Crippen LogP contribution in [0.4, 0.5) is 0 Å². The van der Waals surface area contributed by atoms with Gasteiger partial charge in [-0.2, -0.15) is 0 Å². The molecule has 7 nitrogen and oxygen atoms in total. The standard InChI is InChI=1S/C30H34N4O3/c1-5-21-7-9-22(10-8-21)11-15-28(35)31-18-24-16-23(12-6-19(24)2)26(17-29(36)37)25-13-14-27-30(20(25)3)32-33-34(27)4/h6-10,12-14,16,26H,5,11,15,17-18H2,1-4H3,(H,31,35)(H,36,37). The topological polar surface area (TPSA) is 97.1 Å². The van der Waals surface area contributed by atoms with Crippen molar-refractivity contribution in [3.8, 4) is 0 Å². The van der Waals surface area contributed by atoms with Crippen molar-refractivity contribution < 1.29 is 14.7 Å². The van der Waals surface area contributed by atoms with Crippen LogP contribution in [-0.4, -0.2) is 32.0 Å². The number of carbonyl (C=O) groups excluding carboxylic acids is 1. The first kappa shape index (κ1) is 26.1. The maximum absolute atomic E-state index is 12.6. The van der Waals surface area contributed by atoms with Gasteiger partial charge in [-0.3, -0.25) is 9.59 Å². The molecule has 3 aromatic carbocycles. The second-order valence-electron chi connectivity index (χ2n) is 9.64. The Morgan fingerprint density at radius 1 is 1.03 bits per heavy atom. The van der Waals surface area contributed by atoms with Crippen LogP contribution in [-0.2, 0) is 36.0 Å². The zero-order valence-electron chi connectivity index (χ0n) is 21.9. The molecule has 2 N–H and O–H groups in total. The Kier molecular flexibility index (Phi) is 8.01. The SMILES string of the molecule is CCc1ccc(CCC(=O)NCc2cc(C(CC(=O)O)c3ccc4c(nnn4C)c3C)ccc2C)cc1. The van der Waals surface area contributed by atoms with Gasteiger partial charge in [-0.1, -0.05) is 60.7 Å². The highest BCUT2D eigenvalue weighted by Crippen LogP contribution is 2.34. The molecule has 0 spiro atoms. The molecule has 7 heteroatoms. The van der Waals surface area contributed by atoms with Crippen LogP contribution in [0, 0.1) is 13.8 Å². The lowest BCUT2D eigenvalue weighted by atomic mass is 9.84. The number of aromatic nitrogens is 3. The number of fused-ring (bicyclic) bond motifs is 1. The molecule has 0 aliphatic carbocycles. The van der Waals surface area contributed by atoms with Crippen LogP contribution in [0.15, 0.2) is 54.6 Å². The number of rotatable bonds is 10. The van der Waals surface area contributed by atoms with Crippen LogP contribution in [0.3, 0.4) is 0 Å². The van der Waals surface area contributed by atoms with E-state index in [9.17, 15) is 14.7 Å². The molecule has 1 atom stereocenters. The highest BCUT2D eigenvalue weighted by molar-refractivity contribution is 5.80. The monoisotopic (exact) mass is 498 g/mol. The number of amides is 1. The lowest BCUT2D eigenvalue weighted by Gasteiger charge is -2.20. The minimum atomic E-state index is -0.869. The van der Waals surface area contributed by atoms with E-state index >= 15 is 0 Å². The van der Waals surface area contributed by atoms with Gasteiger partial charge in [0.25, 0.3) is 0 Å². The van der Waals surface area contributed by atoms with Gasteiger partial charge < -0.3 is 10.4 Å². The molecule has 1 aromatic heterocycles. The minimum Gasteiger partial charge on any atom is -0.481 e. The van der Waals surface area contributed by atoms with Gasteiger partial charge >= 0.3 is 5.97 Å². The zero-order chi connectivity index (χ0) is 26.5. The predicted octanol–water partition coefficient (Wildman–Crippen LogP) is 5.00. The van der Waals surface area contributed by atoms with Crippen molar-refractivity contribution in [3.05, 3.63) is 93.5 Å². The van der Waals surface area contributed by atoms with E-state index in [-0.39, 0.29) is 18.2 Å². The molecule has 0 saturated heterocycles. The summed E-state index contributed by atoms with van der Waals surface area (Å²) < 4.78 is 1.71. The average Bonchev–Trinajstić information content (AvgIpc) is 3.27. The summed E-state index contributed by atoms with van der Waals surface area (Å²) in [5.74, 6) is -1.22. The van der Waals surface area contributed by atoms with E-state index in [0.29, 0.717) is 19.4 Å². The van der Waals surface area contributed by atoms with Crippen molar-refractivity contribution in [1.82, 2.24) is 20.3 Å². The van der Waals surface area contributed by atoms with E-state index in [2.05, 4.69) is 46.8 Å². The average molecular weight is 499 g/mol. The molecule has 4 rings (SSSR count). The quantitative estimate of drug-likeness (QED) is 0.321. The van der Waals surface area contributed by atoms with E-state index < -0.39 is 5.97 Å². The Morgan fingerprint density at radius 3 is 2.46 bits per heavy atom. The largest absolute Gasteiger partial charge is 0.481 e. The molecule has 1 unspecified atom stereocenters. The second-order valence-corrected chi connectivity index (χ2v) is 9.64. The van der Waals surface area contributed by atoms with E-state index in [0.717, 1.165) is 50.8 Å². The highest BCUT2D eigenvalue weighted by Gasteiger charge is 2.22. The summed E-state index contributed by atoms with van der Waals surface area (Å²) in [7, 11) is 1.84. The molecule has 192 valence electrons. The number of nitrogens with zero attached hydrogens (tertiary/aromatic N) is 3. The molecule has 1 heterocycles. The molecule has 4 aromatic rings. The van der Waals surface area contributed by atoms with Crippen molar-refractivity contribution in [2.45, 2.75) is 58.9 Å². The van der Waals surface area contributed by atoms with Crippen LogP contribution in [0.2, 0.25) is 0 Å². The molecule has 0 fully saturated rings. The summed E-state index contributed by atoms with van der Waals surface area (Å²) in [6, 6.07) is 18.3. The number of benzene rings is 3. The summed E-state index contributed by atoms with van der Waals surface area (Å²) in [6.07, 6.45) is 2.07. The van der Waals surface area contributed by atoms with Crippen LogP contribution in [0.5, 0.6) is 0 Å². The van der Waals surface area contributed by atoms with Crippen LogP contribution in [0.1, 0.15) is 64.6 Å².